The van der Waals surface area contributed by atoms with E-state index in [2.05, 4.69) is 15.9 Å². The van der Waals surface area contributed by atoms with Gasteiger partial charge in [0.05, 0.1) is 28.3 Å². The Morgan fingerprint density at radius 3 is 2.35 bits per heavy atom. The fourth-order valence-electron chi connectivity index (χ4n) is 1.81. The molecule has 108 valence electrons. The maximum Gasteiger partial charge on any atom is 0.141 e. The summed E-state index contributed by atoms with van der Waals surface area (Å²) in [6, 6.07) is 5.44. The zero-order chi connectivity index (χ0) is 14.9. The summed E-state index contributed by atoms with van der Waals surface area (Å²) < 4.78 is 12.5. The molecule has 0 amide bonds. The predicted molar refractivity (Wildman–Crippen MR) is 89.3 cm³/mol. The molecule has 1 unspecified atom stereocenters. The third-order valence-corrected chi connectivity index (χ3v) is 5.48. The van der Waals surface area contributed by atoms with Crippen LogP contribution in [0.3, 0.4) is 0 Å². The fraction of sp³-hybridized carbons (Fsp3) is 0.231. The number of halogens is 4. The van der Waals surface area contributed by atoms with Crippen LogP contribution >= 0.6 is 62.1 Å². The Labute approximate surface area is 144 Å². The van der Waals surface area contributed by atoms with E-state index in [9.17, 15) is 0 Å². The molecule has 0 aliphatic rings. The summed E-state index contributed by atoms with van der Waals surface area (Å²) in [5.41, 5.74) is 1.55. The van der Waals surface area contributed by atoms with Gasteiger partial charge in [-0.15, -0.1) is 22.9 Å². The molecule has 0 spiro atoms. The van der Waals surface area contributed by atoms with Gasteiger partial charge >= 0.3 is 0 Å². The van der Waals surface area contributed by atoms with Gasteiger partial charge in [0, 0.05) is 11.1 Å². The highest BCUT2D eigenvalue weighted by Crippen LogP contribution is 2.46. The van der Waals surface area contributed by atoms with Gasteiger partial charge in [-0.1, -0.05) is 23.2 Å². The van der Waals surface area contributed by atoms with Crippen LogP contribution in [-0.2, 0) is 0 Å². The average molecular weight is 417 g/mol. The van der Waals surface area contributed by atoms with E-state index >= 15 is 0 Å². The van der Waals surface area contributed by atoms with Crippen molar-refractivity contribution >= 4 is 62.1 Å². The molecule has 7 heteroatoms. The van der Waals surface area contributed by atoms with Crippen molar-refractivity contribution in [3.05, 3.63) is 42.5 Å². The van der Waals surface area contributed by atoms with Crippen molar-refractivity contribution in [1.82, 2.24) is 0 Å². The molecule has 0 aliphatic carbocycles. The van der Waals surface area contributed by atoms with E-state index in [-0.39, 0.29) is 0 Å². The second-order valence-electron chi connectivity index (χ2n) is 3.85. The molecule has 2 rings (SSSR count). The molecule has 20 heavy (non-hydrogen) atoms. The molecule has 0 saturated heterocycles. The lowest BCUT2D eigenvalue weighted by atomic mass is 10.1. The summed E-state index contributed by atoms with van der Waals surface area (Å²) >= 11 is 23.4. The third kappa shape index (κ3) is 3.04. The summed E-state index contributed by atoms with van der Waals surface area (Å²) in [4.78, 5) is 0. The van der Waals surface area contributed by atoms with Crippen molar-refractivity contribution in [2.45, 2.75) is 5.38 Å². The Bertz CT molecular complexity index is 630. The Hall–Kier alpha value is -0.130. The van der Waals surface area contributed by atoms with Crippen LogP contribution in [-0.4, -0.2) is 14.2 Å². The van der Waals surface area contributed by atoms with E-state index < -0.39 is 5.38 Å². The summed E-state index contributed by atoms with van der Waals surface area (Å²) in [6.07, 6.45) is 0. The molecule has 1 heterocycles. The van der Waals surface area contributed by atoms with Crippen molar-refractivity contribution in [2.75, 3.05) is 14.2 Å². The van der Waals surface area contributed by atoms with Crippen molar-refractivity contribution in [3.63, 3.8) is 0 Å². The van der Waals surface area contributed by atoms with Crippen molar-refractivity contribution in [1.29, 1.82) is 0 Å². The SMILES string of the molecule is COc1ccc(C(Cl)c2cc(Cl)sc2Cl)c(OC)c1Br. The molecule has 1 aromatic carbocycles. The first kappa shape index (κ1) is 16.2. The highest BCUT2D eigenvalue weighted by Gasteiger charge is 2.23. The lowest BCUT2D eigenvalue weighted by molar-refractivity contribution is 0.386. The Morgan fingerprint density at radius 2 is 1.85 bits per heavy atom. The van der Waals surface area contributed by atoms with Crippen LogP contribution < -0.4 is 9.47 Å². The number of alkyl halides is 1. The molecule has 0 fully saturated rings. The standard InChI is InChI=1S/C13H10BrCl3O2S/c1-18-8-4-3-6(12(19-2)10(8)14)11(16)7-5-9(15)20-13(7)17/h3-5,11H,1-2H3. The number of ether oxygens (including phenoxy) is 2. The van der Waals surface area contributed by atoms with Gasteiger partial charge < -0.3 is 9.47 Å². The van der Waals surface area contributed by atoms with Gasteiger partial charge in [-0.05, 0) is 34.1 Å². The lowest BCUT2D eigenvalue weighted by Gasteiger charge is -2.17. The van der Waals surface area contributed by atoms with Gasteiger partial charge in [-0.25, -0.2) is 0 Å². The van der Waals surface area contributed by atoms with Gasteiger partial charge in [0.15, 0.2) is 0 Å². The first-order valence-corrected chi connectivity index (χ1v) is 8.29. The van der Waals surface area contributed by atoms with E-state index in [0.29, 0.717) is 24.6 Å². The number of hydrogen-bond acceptors (Lipinski definition) is 3. The van der Waals surface area contributed by atoms with Gasteiger partial charge in [0.1, 0.15) is 16.0 Å². The predicted octanol–water partition coefficient (Wildman–Crippen LogP) is 6.16. The molecule has 2 aromatic rings. The zero-order valence-electron chi connectivity index (χ0n) is 10.5. The van der Waals surface area contributed by atoms with E-state index in [4.69, 9.17) is 44.3 Å². The fourth-order valence-corrected chi connectivity index (χ4v) is 4.49. The zero-order valence-corrected chi connectivity index (χ0v) is 15.2. The molecule has 0 radical (unpaired) electrons. The quantitative estimate of drug-likeness (QED) is 0.556. The summed E-state index contributed by atoms with van der Waals surface area (Å²) in [5, 5.41) is -0.455. The lowest BCUT2D eigenvalue weighted by Crippen LogP contribution is -1.99. The summed E-state index contributed by atoms with van der Waals surface area (Å²) in [6.45, 7) is 0. The van der Waals surface area contributed by atoms with Gasteiger partial charge in [-0.3, -0.25) is 0 Å². The van der Waals surface area contributed by atoms with Gasteiger partial charge in [0.25, 0.3) is 0 Å². The van der Waals surface area contributed by atoms with E-state index in [0.717, 1.165) is 11.1 Å². The van der Waals surface area contributed by atoms with E-state index in [1.165, 1.54) is 11.3 Å². The van der Waals surface area contributed by atoms with Crippen molar-refractivity contribution in [2.24, 2.45) is 0 Å². The summed E-state index contributed by atoms with van der Waals surface area (Å²) in [5.74, 6) is 1.28. The van der Waals surface area contributed by atoms with E-state index in [1.807, 2.05) is 12.1 Å². The molecule has 0 bridgehead atoms. The van der Waals surface area contributed by atoms with Crippen LogP contribution in [0.15, 0.2) is 22.7 Å². The van der Waals surface area contributed by atoms with Gasteiger partial charge in [-0.2, -0.15) is 0 Å². The molecule has 0 aliphatic heterocycles. The minimum absolute atomic E-state index is 0.455. The number of thiophene rings is 1. The Kier molecular flexibility index (Phi) is 5.49. The number of benzene rings is 1. The number of hydrogen-bond donors (Lipinski definition) is 0. The largest absolute Gasteiger partial charge is 0.495 e. The maximum atomic E-state index is 6.52. The maximum absolute atomic E-state index is 6.52. The average Bonchev–Trinajstić information content (AvgIpc) is 2.76. The van der Waals surface area contributed by atoms with Crippen molar-refractivity contribution in [3.8, 4) is 11.5 Å². The topological polar surface area (TPSA) is 18.5 Å². The first-order chi connectivity index (χ1) is 9.49. The van der Waals surface area contributed by atoms with Crippen LogP contribution in [0.25, 0.3) is 0 Å². The van der Waals surface area contributed by atoms with Crippen LogP contribution in [0.2, 0.25) is 8.67 Å². The van der Waals surface area contributed by atoms with Crippen LogP contribution in [0.4, 0.5) is 0 Å². The van der Waals surface area contributed by atoms with Crippen LogP contribution in [0.1, 0.15) is 16.5 Å². The Balaban J connectivity index is 2.52. The molecule has 1 atom stereocenters. The number of methoxy groups -OCH3 is 2. The molecule has 0 saturated carbocycles. The molecular formula is C13H10BrCl3O2S. The van der Waals surface area contributed by atoms with E-state index in [1.54, 1.807) is 20.3 Å². The van der Waals surface area contributed by atoms with Crippen molar-refractivity contribution < 1.29 is 9.47 Å². The molecule has 0 N–H and O–H groups in total. The number of rotatable bonds is 4. The highest BCUT2D eigenvalue weighted by atomic mass is 79.9. The smallest absolute Gasteiger partial charge is 0.141 e. The highest BCUT2D eigenvalue weighted by molar-refractivity contribution is 9.10. The molecular weight excluding hydrogens is 406 g/mol. The second kappa shape index (κ2) is 6.75. The van der Waals surface area contributed by atoms with Crippen LogP contribution in [0.5, 0.6) is 11.5 Å². The summed E-state index contributed by atoms with van der Waals surface area (Å²) in [7, 11) is 3.17. The normalized spacial score (nSPS) is 12.3. The monoisotopic (exact) mass is 414 g/mol. The minimum atomic E-state index is -0.455. The molecule has 1 aromatic heterocycles. The molecule has 2 nitrogen and oxygen atoms in total. The first-order valence-electron chi connectivity index (χ1n) is 5.48. The second-order valence-corrected chi connectivity index (χ2v) is 7.36. The van der Waals surface area contributed by atoms with Crippen LogP contribution in [0, 0.1) is 0 Å². The third-order valence-electron chi connectivity index (χ3n) is 2.75. The Morgan fingerprint density at radius 1 is 1.15 bits per heavy atom. The minimum Gasteiger partial charge on any atom is -0.495 e. The van der Waals surface area contributed by atoms with Gasteiger partial charge in [0.2, 0.25) is 0 Å².